The van der Waals surface area contributed by atoms with E-state index in [4.69, 9.17) is 0 Å². The molecule has 21 heavy (non-hydrogen) atoms. The minimum absolute atomic E-state index is 1.02. The predicted octanol–water partition coefficient (Wildman–Crippen LogP) is 3.29. The van der Waals surface area contributed by atoms with E-state index in [-0.39, 0.29) is 0 Å². The zero-order valence-corrected chi connectivity index (χ0v) is 13.5. The molecule has 0 unspecified atom stereocenters. The molecule has 110 valence electrons. The Kier molecular flexibility index (Phi) is 4.63. The van der Waals surface area contributed by atoms with Gasteiger partial charge >= 0.3 is 0 Å². The van der Waals surface area contributed by atoms with Gasteiger partial charge in [0.2, 0.25) is 0 Å². The molecule has 0 heterocycles. The highest BCUT2D eigenvalue weighted by Crippen LogP contribution is 2.18. The van der Waals surface area contributed by atoms with Gasteiger partial charge in [-0.3, -0.25) is 4.99 Å². The van der Waals surface area contributed by atoms with Crippen LogP contribution in [0, 0.1) is 0 Å². The number of aliphatic imine (C=N–C) groups is 1. The molecule has 0 radical (unpaired) electrons. The van der Waals surface area contributed by atoms with Crippen LogP contribution in [0.2, 0.25) is 0 Å². The van der Waals surface area contributed by atoms with Gasteiger partial charge in [-0.25, -0.2) is 0 Å². The zero-order chi connectivity index (χ0) is 15.4. The topological polar surface area (TPSA) is 18.8 Å². The van der Waals surface area contributed by atoms with Crippen molar-refractivity contribution in [2.45, 2.75) is 0 Å². The van der Waals surface area contributed by atoms with Crippen LogP contribution in [0.5, 0.6) is 0 Å². The molecule has 2 rings (SSSR count). The van der Waals surface area contributed by atoms with Gasteiger partial charge < -0.3 is 9.80 Å². The Morgan fingerprint density at radius 2 is 1.00 bits per heavy atom. The number of benzene rings is 2. The molecule has 0 fully saturated rings. The summed E-state index contributed by atoms with van der Waals surface area (Å²) in [6.45, 7) is 0. The number of rotatable bonds is 4. The largest absolute Gasteiger partial charge is 0.378 e. The van der Waals surface area contributed by atoms with Gasteiger partial charge in [0.1, 0.15) is 0 Å². The van der Waals surface area contributed by atoms with E-state index in [1.54, 1.807) is 0 Å². The van der Waals surface area contributed by atoms with E-state index in [2.05, 4.69) is 63.3 Å². The van der Waals surface area contributed by atoms with Crippen LogP contribution in [0.1, 0.15) is 11.1 Å². The summed E-state index contributed by atoms with van der Waals surface area (Å²) in [7, 11) is 10.0. The smallest absolute Gasteiger partial charge is 0.0715 e. The van der Waals surface area contributed by atoms with Gasteiger partial charge in [0, 0.05) is 57.7 Å². The molecule has 0 atom stereocenters. The lowest BCUT2D eigenvalue weighted by molar-refractivity contribution is 1.13. The second-order valence-electron chi connectivity index (χ2n) is 5.45. The number of anilines is 2. The van der Waals surface area contributed by atoms with Gasteiger partial charge in [0.05, 0.1) is 5.71 Å². The third-order valence-corrected chi connectivity index (χ3v) is 3.54. The maximum absolute atomic E-state index is 4.47. The van der Waals surface area contributed by atoms with E-state index >= 15 is 0 Å². The van der Waals surface area contributed by atoms with Crippen LogP contribution in [0.25, 0.3) is 0 Å². The molecule has 0 saturated heterocycles. The lowest BCUT2D eigenvalue weighted by atomic mass is 10.0. The first-order valence-electron chi connectivity index (χ1n) is 7.05. The maximum atomic E-state index is 4.47. The van der Waals surface area contributed by atoms with Crippen LogP contribution in [-0.2, 0) is 0 Å². The van der Waals surface area contributed by atoms with Crippen LogP contribution in [0.3, 0.4) is 0 Å². The van der Waals surface area contributed by atoms with E-state index < -0.39 is 0 Å². The van der Waals surface area contributed by atoms with Gasteiger partial charge in [-0.05, 0) is 24.3 Å². The summed E-state index contributed by atoms with van der Waals surface area (Å²) in [6.07, 6.45) is 0. The SMILES string of the molecule is CN=C(c1ccc(N(C)C)cc1)c1ccc(N(C)C)cc1. The van der Waals surface area contributed by atoms with Gasteiger partial charge in [-0.2, -0.15) is 0 Å². The van der Waals surface area contributed by atoms with Crippen molar-refractivity contribution in [3.63, 3.8) is 0 Å². The van der Waals surface area contributed by atoms with Crippen LogP contribution >= 0.6 is 0 Å². The second-order valence-corrected chi connectivity index (χ2v) is 5.45. The van der Waals surface area contributed by atoms with E-state index in [9.17, 15) is 0 Å². The van der Waals surface area contributed by atoms with Gasteiger partial charge in [-0.15, -0.1) is 0 Å². The normalized spacial score (nSPS) is 10.1. The standard InChI is InChI=1S/C18H23N3/c1-19-18(14-6-10-16(11-7-14)20(2)3)15-8-12-17(13-9-15)21(4)5/h6-13H,1-5H3. The van der Waals surface area contributed by atoms with Crippen molar-refractivity contribution < 1.29 is 0 Å². The number of hydrogen-bond acceptors (Lipinski definition) is 3. The molecule has 3 heteroatoms. The summed E-state index contributed by atoms with van der Waals surface area (Å²) in [5.74, 6) is 0. The van der Waals surface area contributed by atoms with Gasteiger partial charge in [0.25, 0.3) is 0 Å². The molecule has 0 spiro atoms. The minimum Gasteiger partial charge on any atom is -0.378 e. The molecule has 0 saturated carbocycles. The first-order valence-corrected chi connectivity index (χ1v) is 7.05. The Bertz CT molecular complexity index is 554. The average Bonchev–Trinajstić information content (AvgIpc) is 2.49. The molecule has 2 aromatic rings. The number of nitrogens with zero attached hydrogens (tertiary/aromatic N) is 3. The van der Waals surface area contributed by atoms with Crippen molar-refractivity contribution in [1.82, 2.24) is 0 Å². The van der Waals surface area contributed by atoms with Gasteiger partial charge in [0.15, 0.2) is 0 Å². The van der Waals surface area contributed by atoms with Crippen LogP contribution in [-0.4, -0.2) is 41.0 Å². The first-order chi connectivity index (χ1) is 10.0. The van der Waals surface area contributed by atoms with Crippen LogP contribution < -0.4 is 9.80 Å². The second kappa shape index (κ2) is 6.44. The van der Waals surface area contributed by atoms with Crippen LogP contribution in [0.15, 0.2) is 53.5 Å². The van der Waals surface area contributed by atoms with E-state index in [1.807, 2.05) is 35.2 Å². The fraction of sp³-hybridized carbons (Fsp3) is 0.278. The lowest BCUT2D eigenvalue weighted by Crippen LogP contribution is -2.10. The van der Waals surface area contributed by atoms with Gasteiger partial charge in [-0.1, -0.05) is 24.3 Å². The molecule has 0 aliphatic carbocycles. The molecule has 2 aromatic carbocycles. The van der Waals surface area contributed by atoms with Crippen molar-refractivity contribution >= 4 is 17.1 Å². The van der Waals surface area contributed by atoms with E-state index in [0.29, 0.717) is 0 Å². The highest BCUT2D eigenvalue weighted by atomic mass is 15.1. The highest BCUT2D eigenvalue weighted by Gasteiger charge is 2.07. The van der Waals surface area contributed by atoms with Crippen molar-refractivity contribution in [1.29, 1.82) is 0 Å². The molecule has 0 N–H and O–H groups in total. The summed E-state index contributed by atoms with van der Waals surface area (Å²) in [4.78, 5) is 8.66. The van der Waals surface area contributed by atoms with Crippen LogP contribution in [0.4, 0.5) is 11.4 Å². The Hall–Kier alpha value is -2.29. The summed E-state index contributed by atoms with van der Waals surface area (Å²) in [5, 5.41) is 0. The predicted molar refractivity (Wildman–Crippen MR) is 93.1 cm³/mol. The fourth-order valence-corrected chi connectivity index (χ4v) is 2.26. The molecule has 0 aromatic heterocycles. The summed E-state index contributed by atoms with van der Waals surface area (Å²) >= 11 is 0. The summed E-state index contributed by atoms with van der Waals surface area (Å²) in [6, 6.07) is 17.0. The average molecular weight is 281 g/mol. The van der Waals surface area contributed by atoms with Crippen molar-refractivity contribution in [3.05, 3.63) is 59.7 Å². The van der Waals surface area contributed by atoms with Crippen molar-refractivity contribution in [2.75, 3.05) is 45.0 Å². The molecule has 0 bridgehead atoms. The summed E-state index contributed by atoms with van der Waals surface area (Å²) in [5.41, 5.74) is 5.68. The Balaban J connectivity index is 2.31. The summed E-state index contributed by atoms with van der Waals surface area (Å²) < 4.78 is 0. The quantitative estimate of drug-likeness (QED) is 0.801. The van der Waals surface area contributed by atoms with E-state index in [0.717, 1.165) is 16.8 Å². The molecular formula is C18H23N3. The molecular weight excluding hydrogens is 258 g/mol. The molecule has 3 nitrogen and oxygen atoms in total. The number of hydrogen-bond donors (Lipinski definition) is 0. The first kappa shape index (κ1) is 15.1. The van der Waals surface area contributed by atoms with Crippen molar-refractivity contribution in [3.8, 4) is 0 Å². The zero-order valence-electron chi connectivity index (χ0n) is 13.5. The third kappa shape index (κ3) is 3.43. The minimum atomic E-state index is 1.02. The molecule has 0 aliphatic rings. The van der Waals surface area contributed by atoms with E-state index in [1.165, 1.54) is 11.4 Å². The Morgan fingerprint density at radius 3 is 1.24 bits per heavy atom. The maximum Gasteiger partial charge on any atom is 0.0715 e. The molecule has 0 aliphatic heterocycles. The lowest BCUT2D eigenvalue weighted by Gasteiger charge is -2.15. The Morgan fingerprint density at radius 1 is 0.667 bits per heavy atom. The monoisotopic (exact) mass is 281 g/mol. The fourth-order valence-electron chi connectivity index (χ4n) is 2.26. The Labute approximate surface area is 127 Å². The van der Waals surface area contributed by atoms with Crippen molar-refractivity contribution in [2.24, 2.45) is 4.99 Å². The third-order valence-electron chi connectivity index (χ3n) is 3.54. The molecule has 0 amide bonds. The highest BCUT2D eigenvalue weighted by molar-refractivity contribution is 6.13.